The summed E-state index contributed by atoms with van der Waals surface area (Å²) in [6.45, 7) is 2.88. The van der Waals surface area contributed by atoms with Crippen LogP contribution >= 0.6 is 0 Å². The van der Waals surface area contributed by atoms with E-state index in [0.29, 0.717) is 0 Å². The van der Waals surface area contributed by atoms with Crippen molar-refractivity contribution in [1.82, 2.24) is 4.72 Å². The monoisotopic (exact) mass is 286 g/mol. The van der Waals surface area contributed by atoms with Crippen molar-refractivity contribution in [3.05, 3.63) is 23.2 Å². The Balaban J connectivity index is 2.81. The minimum Gasteiger partial charge on any atom is -0.478 e. The molecule has 1 atom stereocenters. The highest BCUT2D eigenvalue weighted by atomic mass is 32.2. The van der Waals surface area contributed by atoms with Crippen LogP contribution in [0.1, 0.15) is 35.2 Å². The molecule has 1 unspecified atom stereocenters. The summed E-state index contributed by atoms with van der Waals surface area (Å²) in [5.74, 6) is -0.751. The first-order chi connectivity index (χ1) is 8.81. The number of carbonyl (C=O) groups is 1. The van der Waals surface area contributed by atoms with Gasteiger partial charge in [0.25, 0.3) is 0 Å². The molecule has 0 aliphatic carbocycles. The predicted octanol–water partition coefficient (Wildman–Crippen LogP) is 1.01. The first kappa shape index (κ1) is 15.2. The van der Waals surface area contributed by atoms with Crippen molar-refractivity contribution in [2.45, 2.75) is 32.1 Å². The van der Waals surface area contributed by atoms with Gasteiger partial charge in [-0.2, -0.15) is 5.26 Å². The van der Waals surface area contributed by atoms with Crippen LogP contribution < -0.4 is 4.72 Å². The molecule has 0 radical (unpaired) electrons. The highest BCUT2D eigenvalue weighted by molar-refractivity contribution is 7.90. The van der Waals surface area contributed by atoms with Crippen LogP contribution in [0.3, 0.4) is 0 Å². The number of hydrogen-bond donors (Lipinski definition) is 2. The van der Waals surface area contributed by atoms with Gasteiger partial charge in [-0.05, 0) is 19.4 Å². The third kappa shape index (κ3) is 3.56. The average Bonchev–Trinajstić information content (AvgIpc) is 2.69. The van der Waals surface area contributed by atoms with Gasteiger partial charge in [0.15, 0.2) is 5.25 Å². The molecule has 1 aromatic rings. The molecule has 0 saturated heterocycles. The minimum atomic E-state index is -3.76. The molecule has 0 aliphatic rings. The number of aromatic carboxylic acids is 1. The summed E-state index contributed by atoms with van der Waals surface area (Å²) in [5, 5.41) is 16.4. The lowest BCUT2D eigenvalue weighted by atomic mass is 10.2. The SMILES string of the molecule is CCC(C#N)S(=O)(=O)NCc1cc(C(=O)O)c(C)o1. The molecule has 19 heavy (non-hydrogen) atoms. The quantitative estimate of drug-likeness (QED) is 0.805. The summed E-state index contributed by atoms with van der Waals surface area (Å²) < 4.78 is 30.7. The zero-order valence-corrected chi connectivity index (χ0v) is 11.3. The van der Waals surface area contributed by atoms with Gasteiger partial charge in [-0.1, -0.05) is 6.92 Å². The number of nitrogens with zero attached hydrogens (tertiary/aromatic N) is 1. The van der Waals surface area contributed by atoms with Gasteiger partial charge in [0, 0.05) is 0 Å². The molecule has 0 spiro atoms. The molecule has 1 heterocycles. The molecule has 0 fully saturated rings. The van der Waals surface area contributed by atoms with Crippen molar-refractivity contribution in [3.63, 3.8) is 0 Å². The fraction of sp³-hybridized carbons (Fsp3) is 0.455. The molecule has 0 aromatic carbocycles. The zero-order chi connectivity index (χ0) is 14.6. The summed E-state index contributed by atoms with van der Waals surface area (Å²) in [5.41, 5.74) is -0.0125. The van der Waals surface area contributed by atoms with Gasteiger partial charge >= 0.3 is 5.97 Å². The van der Waals surface area contributed by atoms with Crippen molar-refractivity contribution in [1.29, 1.82) is 5.26 Å². The molecule has 2 N–H and O–H groups in total. The number of aryl methyl sites for hydroxylation is 1. The Labute approximate surface area is 110 Å². The highest BCUT2D eigenvalue weighted by Crippen LogP contribution is 2.15. The normalized spacial score (nSPS) is 12.9. The van der Waals surface area contributed by atoms with Crippen LogP contribution in [-0.2, 0) is 16.6 Å². The Kier molecular flexibility index (Phi) is 4.69. The van der Waals surface area contributed by atoms with E-state index in [1.165, 1.54) is 13.0 Å². The molecular weight excluding hydrogens is 272 g/mol. The Hall–Kier alpha value is -1.85. The molecule has 1 aromatic heterocycles. The van der Waals surface area contributed by atoms with E-state index in [2.05, 4.69) is 4.72 Å². The van der Waals surface area contributed by atoms with Gasteiger partial charge in [-0.15, -0.1) is 0 Å². The van der Waals surface area contributed by atoms with Crippen LogP contribution in [-0.4, -0.2) is 24.7 Å². The van der Waals surface area contributed by atoms with E-state index in [-0.39, 0.29) is 30.0 Å². The number of nitriles is 1. The number of nitrogens with one attached hydrogen (secondary N) is 1. The smallest absolute Gasteiger partial charge is 0.339 e. The van der Waals surface area contributed by atoms with Gasteiger partial charge in [0.1, 0.15) is 17.1 Å². The van der Waals surface area contributed by atoms with Crippen LogP contribution in [0.5, 0.6) is 0 Å². The number of sulfonamides is 1. The molecule has 0 aliphatic heterocycles. The van der Waals surface area contributed by atoms with E-state index < -0.39 is 21.2 Å². The predicted molar refractivity (Wildman–Crippen MR) is 65.9 cm³/mol. The average molecular weight is 286 g/mol. The van der Waals surface area contributed by atoms with E-state index in [9.17, 15) is 13.2 Å². The third-order valence-electron chi connectivity index (χ3n) is 2.54. The maximum Gasteiger partial charge on any atom is 0.339 e. The maximum atomic E-state index is 11.7. The molecule has 0 bridgehead atoms. The lowest BCUT2D eigenvalue weighted by Gasteiger charge is -2.08. The van der Waals surface area contributed by atoms with E-state index >= 15 is 0 Å². The second-order valence-electron chi connectivity index (χ2n) is 3.88. The first-order valence-corrected chi connectivity index (χ1v) is 7.07. The number of carboxylic acid groups (broad SMARTS) is 1. The fourth-order valence-corrected chi connectivity index (χ4v) is 2.62. The molecule has 0 amide bonds. The van der Waals surface area contributed by atoms with Crippen molar-refractivity contribution in [2.24, 2.45) is 0 Å². The Morgan fingerprint density at radius 2 is 2.26 bits per heavy atom. The topological polar surface area (TPSA) is 120 Å². The second kappa shape index (κ2) is 5.86. The van der Waals surface area contributed by atoms with Crippen molar-refractivity contribution >= 4 is 16.0 Å². The second-order valence-corrected chi connectivity index (χ2v) is 5.83. The van der Waals surface area contributed by atoms with Crippen molar-refractivity contribution < 1.29 is 22.7 Å². The van der Waals surface area contributed by atoms with Gasteiger partial charge < -0.3 is 9.52 Å². The van der Waals surface area contributed by atoms with Gasteiger partial charge in [-0.25, -0.2) is 17.9 Å². The maximum absolute atomic E-state index is 11.7. The van der Waals surface area contributed by atoms with Gasteiger partial charge in [0.2, 0.25) is 10.0 Å². The Morgan fingerprint density at radius 3 is 2.68 bits per heavy atom. The van der Waals surface area contributed by atoms with E-state index in [0.717, 1.165) is 0 Å². The van der Waals surface area contributed by atoms with Crippen molar-refractivity contribution in [2.75, 3.05) is 0 Å². The van der Waals surface area contributed by atoms with E-state index in [4.69, 9.17) is 14.8 Å². The molecule has 8 heteroatoms. The van der Waals surface area contributed by atoms with Gasteiger partial charge in [0.05, 0.1) is 12.6 Å². The molecule has 104 valence electrons. The van der Waals surface area contributed by atoms with Crippen LogP contribution in [0.25, 0.3) is 0 Å². The zero-order valence-electron chi connectivity index (χ0n) is 10.5. The first-order valence-electron chi connectivity index (χ1n) is 5.52. The largest absolute Gasteiger partial charge is 0.478 e. The van der Waals surface area contributed by atoms with Crippen LogP contribution in [0.15, 0.2) is 10.5 Å². The summed E-state index contributed by atoms with van der Waals surface area (Å²) in [4.78, 5) is 10.8. The lowest BCUT2D eigenvalue weighted by molar-refractivity contribution is 0.0695. The van der Waals surface area contributed by atoms with E-state index in [1.54, 1.807) is 13.0 Å². The number of carboxylic acids is 1. The molecule has 7 nitrogen and oxygen atoms in total. The Morgan fingerprint density at radius 1 is 1.63 bits per heavy atom. The summed E-state index contributed by atoms with van der Waals surface area (Å²) >= 11 is 0. The Bertz CT molecular complexity index is 612. The van der Waals surface area contributed by atoms with Gasteiger partial charge in [-0.3, -0.25) is 0 Å². The highest BCUT2D eigenvalue weighted by Gasteiger charge is 2.23. The van der Waals surface area contributed by atoms with Crippen molar-refractivity contribution in [3.8, 4) is 6.07 Å². The molecule has 0 saturated carbocycles. The third-order valence-corrected chi connectivity index (χ3v) is 4.27. The van der Waals surface area contributed by atoms with Crippen LogP contribution in [0.4, 0.5) is 0 Å². The summed E-state index contributed by atoms with van der Waals surface area (Å²) in [6.07, 6.45) is 0.170. The lowest BCUT2D eigenvalue weighted by Crippen LogP contribution is -2.32. The molecule has 1 rings (SSSR count). The standard InChI is InChI=1S/C11H14N2O5S/c1-3-9(5-12)19(16,17)13-6-8-4-10(11(14)15)7(2)18-8/h4,9,13H,3,6H2,1-2H3,(H,14,15). The number of hydrogen-bond acceptors (Lipinski definition) is 5. The number of furan rings is 1. The number of rotatable bonds is 6. The van der Waals surface area contributed by atoms with Crippen LogP contribution in [0, 0.1) is 18.3 Å². The summed E-state index contributed by atoms with van der Waals surface area (Å²) in [6, 6.07) is 2.95. The summed E-state index contributed by atoms with van der Waals surface area (Å²) in [7, 11) is -3.76. The fourth-order valence-electron chi connectivity index (χ4n) is 1.50. The minimum absolute atomic E-state index is 0.0125. The van der Waals surface area contributed by atoms with E-state index in [1.807, 2.05) is 0 Å². The molecular formula is C11H14N2O5S. The van der Waals surface area contributed by atoms with Crippen LogP contribution in [0.2, 0.25) is 0 Å².